The molecule has 118 valence electrons. The maximum atomic E-state index is 13.6. The van der Waals surface area contributed by atoms with Crippen LogP contribution in [0.3, 0.4) is 0 Å². The van der Waals surface area contributed by atoms with Crippen molar-refractivity contribution >= 4 is 34.2 Å². The summed E-state index contributed by atoms with van der Waals surface area (Å²) in [5.41, 5.74) is 0.693. The summed E-state index contributed by atoms with van der Waals surface area (Å²) >= 11 is 3.24. The lowest BCUT2D eigenvalue weighted by Crippen LogP contribution is -2.46. The van der Waals surface area contributed by atoms with E-state index in [0.717, 1.165) is 36.7 Å². The van der Waals surface area contributed by atoms with Gasteiger partial charge in [0.1, 0.15) is 5.82 Å². The van der Waals surface area contributed by atoms with E-state index in [9.17, 15) is 9.18 Å². The number of rotatable bonds is 5. The largest absolute Gasteiger partial charge is 0.355 e. The van der Waals surface area contributed by atoms with Crippen molar-refractivity contribution in [1.82, 2.24) is 10.6 Å². The molecule has 1 saturated heterocycles. The normalized spacial score (nSPS) is 17.9. The van der Waals surface area contributed by atoms with Crippen LogP contribution in [0.4, 0.5) is 4.39 Å². The topological polar surface area (TPSA) is 41.1 Å². The number of halogens is 3. The number of amides is 1. The van der Waals surface area contributed by atoms with Crippen LogP contribution in [0.1, 0.15) is 31.2 Å². The standard InChI is InChI=1S/C15H20BrFN2O.ClH/c16-12-7-6-11(13(17)10-12)4-3-9-19-15(20)14-5-1-2-8-18-14;/h6-7,10,14,18H,1-5,8-9H2,(H,19,20);1H. The number of hydrogen-bond donors (Lipinski definition) is 2. The molecule has 2 N–H and O–H groups in total. The molecule has 1 aromatic carbocycles. The van der Waals surface area contributed by atoms with Crippen molar-refractivity contribution in [3.8, 4) is 0 Å². The molecule has 1 amide bonds. The minimum atomic E-state index is -0.195. The molecule has 1 fully saturated rings. The van der Waals surface area contributed by atoms with Crippen LogP contribution >= 0.6 is 28.3 Å². The number of carbonyl (C=O) groups is 1. The lowest BCUT2D eigenvalue weighted by molar-refractivity contribution is -0.123. The Labute approximate surface area is 139 Å². The molecule has 1 aromatic rings. The quantitative estimate of drug-likeness (QED) is 0.771. The van der Waals surface area contributed by atoms with Gasteiger partial charge in [-0.3, -0.25) is 4.79 Å². The first-order valence-electron chi connectivity index (χ1n) is 7.12. The highest BCUT2D eigenvalue weighted by molar-refractivity contribution is 9.10. The first kappa shape index (κ1) is 18.4. The van der Waals surface area contributed by atoms with E-state index in [2.05, 4.69) is 26.6 Å². The summed E-state index contributed by atoms with van der Waals surface area (Å²) in [6, 6.07) is 5.04. The molecule has 21 heavy (non-hydrogen) atoms. The van der Waals surface area contributed by atoms with Crippen LogP contribution in [0.5, 0.6) is 0 Å². The molecule has 0 radical (unpaired) electrons. The fourth-order valence-electron chi connectivity index (χ4n) is 2.41. The monoisotopic (exact) mass is 378 g/mol. The van der Waals surface area contributed by atoms with Crippen molar-refractivity contribution in [2.24, 2.45) is 0 Å². The molecule has 2 rings (SSSR count). The minimum Gasteiger partial charge on any atom is -0.355 e. The van der Waals surface area contributed by atoms with Crippen LogP contribution in [-0.4, -0.2) is 25.0 Å². The molecule has 1 atom stereocenters. The van der Waals surface area contributed by atoms with Gasteiger partial charge in [0.05, 0.1) is 6.04 Å². The van der Waals surface area contributed by atoms with Gasteiger partial charge in [-0.15, -0.1) is 12.4 Å². The van der Waals surface area contributed by atoms with Crippen LogP contribution in [0, 0.1) is 5.82 Å². The maximum Gasteiger partial charge on any atom is 0.237 e. The number of nitrogens with one attached hydrogen (secondary N) is 2. The van der Waals surface area contributed by atoms with Crippen molar-refractivity contribution in [3.63, 3.8) is 0 Å². The zero-order valence-electron chi connectivity index (χ0n) is 11.8. The maximum absolute atomic E-state index is 13.6. The molecule has 1 unspecified atom stereocenters. The second-order valence-electron chi connectivity index (χ2n) is 5.13. The fraction of sp³-hybridized carbons (Fsp3) is 0.533. The van der Waals surface area contributed by atoms with Crippen molar-refractivity contribution in [2.45, 2.75) is 38.1 Å². The van der Waals surface area contributed by atoms with Crippen molar-refractivity contribution < 1.29 is 9.18 Å². The van der Waals surface area contributed by atoms with Crippen molar-refractivity contribution in [2.75, 3.05) is 13.1 Å². The molecule has 1 aliphatic heterocycles. The predicted molar refractivity (Wildman–Crippen MR) is 88.3 cm³/mol. The molecule has 0 saturated carbocycles. The van der Waals surface area contributed by atoms with Gasteiger partial charge >= 0.3 is 0 Å². The summed E-state index contributed by atoms with van der Waals surface area (Å²) in [6.45, 7) is 1.51. The molecule has 1 aliphatic rings. The molecule has 6 heteroatoms. The molecule has 3 nitrogen and oxygen atoms in total. The van der Waals surface area contributed by atoms with Crippen molar-refractivity contribution in [3.05, 3.63) is 34.1 Å². The number of piperidine rings is 1. The Bertz CT molecular complexity index is 467. The smallest absolute Gasteiger partial charge is 0.237 e. The molecule has 1 heterocycles. The third-order valence-electron chi connectivity index (χ3n) is 3.56. The Balaban J connectivity index is 0.00000220. The van der Waals surface area contributed by atoms with E-state index in [-0.39, 0.29) is 30.2 Å². The third kappa shape index (κ3) is 5.93. The van der Waals surface area contributed by atoms with Gasteiger partial charge in [0.2, 0.25) is 5.91 Å². The molecule has 0 spiro atoms. The number of hydrogen-bond acceptors (Lipinski definition) is 2. The van der Waals surface area contributed by atoms with E-state index in [1.54, 1.807) is 6.07 Å². The second kappa shape index (κ2) is 9.38. The first-order chi connectivity index (χ1) is 9.66. The van der Waals surface area contributed by atoms with Crippen LogP contribution in [0.25, 0.3) is 0 Å². The van der Waals surface area contributed by atoms with E-state index >= 15 is 0 Å². The van der Waals surface area contributed by atoms with E-state index in [1.807, 2.05) is 6.07 Å². The Morgan fingerprint density at radius 1 is 1.43 bits per heavy atom. The number of carbonyl (C=O) groups excluding carboxylic acids is 1. The highest BCUT2D eigenvalue weighted by Gasteiger charge is 2.19. The van der Waals surface area contributed by atoms with Gasteiger partial charge in [-0.25, -0.2) is 4.39 Å². The summed E-state index contributed by atoms with van der Waals surface area (Å²) in [6.07, 6.45) is 4.55. The van der Waals surface area contributed by atoms with Gasteiger partial charge in [-0.2, -0.15) is 0 Å². The van der Waals surface area contributed by atoms with Crippen LogP contribution in [-0.2, 0) is 11.2 Å². The molecular formula is C15H21BrClFN2O. The van der Waals surface area contributed by atoms with E-state index in [4.69, 9.17) is 0 Å². The SMILES string of the molecule is Cl.O=C(NCCCc1ccc(Br)cc1F)C1CCCCN1. The van der Waals surface area contributed by atoms with Crippen LogP contribution < -0.4 is 10.6 Å². The average Bonchev–Trinajstić information content (AvgIpc) is 2.46. The molecule has 0 bridgehead atoms. The fourth-order valence-corrected chi connectivity index (χ4v) is 2.75. The summed E-state index contributed by atoms with van der Waals surface area (Å²) in [5.74, 6) is -0.124. The van der Waals surface area contributed by atoms with Gasteiger partial charge in [-0.05, 0) is 49.9 Å². The van der Waals surface area contributed by atoms with Gasteiger partial charge in [0.25, 0.3) is 0 Å². The van der Waals surface area contributed by atoms with Crippen LogP contribution in [0.2, 0.25) is 0 Å². The lowest BCUT2D eigenvalue weighted by atomic mass is 10.0. The first-order valence-corrected chi connectivity index (χ1v) is 7.91. The Hall–Kier alpha value is -0.650. The van der Waals surface area contributed by atoms with Gasteiger partial charge in [-0.1, -0.05) is 28.4 Å². The minimum absolute atomic E-state index is 0. The van der Waals surface area contributed by atoms with Crippen molar-refractivity contribution in [1.29, 1.82) is 0 Å². The van der Waals surface area contributed by atoms with Gasteiger partial charge < -0.3 is 10.6 Å². The van der Waals surface area contributed by atoms with Gasteiger partial charge in [0.15, 0.2) is 0 Å². The van der Waals surface area contributed by atoms with E-state index in [1.165, 1.54) is 6.07 Å². The average molecular weight is 380 g/mol. The highest BCUT2D eigenvalue weighted by atomic mass is 79.9. The second-order valence-corrected chi connectivity index (χ2v) is 6.05. The molecule has 0 aromatic heterocycles. The summed E-state index contributed by atoms with van der Waals surface area (Å²) < 4.78 is 14.3. The number of benzene rings is 1. The van der Waals surface area contributed by atoms with Crippen LogP contribution in [0.15, 0.2) is 22.7 Å². The lowest BCUT2D eigenvalue weighted by Gasteiger charge is -2.22. The number of aryl methyl sites for hydroxylation is 1. The zero-order valence-corrected chi connectivity index (χ0v) is 14.2. The predicted octanol–water partition coefficient (Wildman–Crippen LogP) is 3.20. The Kier molecular flexibility index (Phi) is 8.22. The summed E-state index contributed by atoms with van der Waals surface area (Å²) in [7, 11) is 0. The van der Waals surface area contributed by atoms with E-state index < -0.39 is 0 Å². The molecule has 0 aliphatic carbocycles. The molecular weight excluding hydrogens is 359 g/mol. The highest BCUT2D eigenvalue weighted by Crippen LogP contribution is 2.16. The van der Waals surface area contributed by atoms with E-state index in [0.29, 0.717) is 18.5 Å². The summed E-state index contributed by atoms with van der Waals surface area (Å²) in [4.78, 5) is 11.9. The Morgan fingerprint density at radius 3 is 2.90 bits per heavy atom. The zero-order chi connectivity index (χ0) is 14.4. The Morgan fingerprint density at radius 2 is 2.24 bits per heavy atom. The summed E-state index contributed by atoms with van der Waals surface area (Å²) in [5, 5.41) is 6.14. The third-order valence-corrected chi connectivity index (χ3v) is 4.06. The van der Waals surface area contributed by atoms with Gasteiger partial charge in [0, 0.05) is 11.0 Å².